The Morgan fingerprint density at radius 3 is 2.48 bits per heavy atom. The minimum absolute atomic E-state index is 0.0176. The lowest BCUT2D eigenvalue weighted by Gasteiger charge is -2.34. The highest BCUT2D eigenvalue weighted by Gasteiger charge is 2.57. The zero-order valence-corrected chi connectivity index (χ0v) is 19.7. The Labute approximate surface area is 193 Å². The summed E-state index contributed by atoms with van der Waals surface area (Å²) in [5, 5.41) is 12.3. The molecule has 182 valence electrons. The largest absolute Gasteiger partial charge is 0.465 e. The molecule has 33 heavy (non-hydrogen) atoms. The fourth-order valence-corrected chi connectivity index (χ4v) is 4.67. The fraction of sp³-hybridized carbons (Fsp3) is 0.625. The third-order valence-electron chi connectivity index (χ3n) is 6.31. The van der Waals surface area contributed by atoms with Crippen molar-refractivity contribution in [3.63, 3.8) is 0 Å². The van der Waals surface area contributed by atoms with Crippen molar-refractivity contribution in [2.24, 2.45) is 11.8 Å². The van der Waals surface area contributed by atoms with E-state index in [2.05, 4.69) is 5.32 Å². The Bertz CT molecular complexity index is 901. The highest BCUT2D eigenvalue weighted by molar-refractivity contribution is 5.86. The predicted octanol–water partition coefficient (Wildman–Crippen LogP) is 2.99. The number of amides is 2. The molecule has 0 aromatic heterocycles. The third kappa shape index (κ3) is 5.82. The molecule has 2 aliphatic rings. The maximum atomic E-state index is 14.2. The average Bonchev–Trinajstić information content (AvgIpc) is 3.37. The number of fused-ring (bicyclic) bond motifs is 1. The van der Waals surface area contributed by atoms with Crippen LogP contribution in [0.1, 0.15) is 46.1 Å². The number of methoxy groups -OCH3 is 1. The molecule has 1 aromatic rings. The summed E-state index contributed by atoms with van der Waals surface area (Å²) in [5.41, 5.74) is -0.513. The first-order valence-corrected chi connectivity index (χ1v) is 11.2. The Kier molecular flexibility index (Phi) is 7.31. The normalized spacial score (nSPS) is 24.4. The molecule has 0 radical (unpaired) electrons. The van der Waals surface area contributed by atoms with Gasteiger partial charge in [-0.15, -0.1) is 0 Å². The Morgan fingerprint density at radius 1 is 1.24 bits per heavy atom. The molecule has 9 heteroatoms. The summed E-state index contributed by atoms with van der Waals surface area (Å²) in [6.45, 7) is 6.77. The van der Waals surface area contributed by atoms with Gasteiger partial charge in [0.15, 0.2) is 0 Å². The summed E-state index contributed by atoms with van der Waals surface area (Å²) in [6, 6.07) is 4.47. The molecule has 1 aromatic carbocycles. The van der Waals surface area contributed by atoms with Crippen molar-refractivity contribution >= 4 is 18.0 Å². The quantitative estimate of drug-likeness (QED) is 0.573. The number of hydrogen-bond donors (Lipinski definition) is 2. The molecule has 2 N–H and O–H groups in total. The van der Waals surface area contributed by atoms with Gasteiger partial charge in [0.1, 0.15) is 17.5 Å². The average molecular weight is 465 g/mol. The van der Waals surface area contributed by atoms with E-state index in [1.54, 1.807) is 45.9 Å². The van der Waals surface area contributed by atoms with Crippen molar-refractivity contribution in [2.45, 2.75) is 76.8 Å². The first kappa shape index (κ1) is 25.0. The molecule has 0 unspecified atom stereocenters. The lowest BCUT2D eigenvalue weighted by atomic mass is 9.93. The number of benzene rings is 1. The lowest BCUT2D eigenvalue weighted by molar-refractivity contribution is -0.159. The Hall–Kier alpha value is -2.68. The van der Waals surface area contributed by atoms with Gasteiger partial charge in [-0.25, -0.2) is 14.0 Å². The number of halogens is 1. The molecular weight excluding hydrogens is 431 g/mol. The highest BCUT2D eigenvalue weighted by Crippen LogP contribution is 2.49. The molecular formula is C24H33FN2O6. The molecule has 6 atom stereocenters. The van der Waals surface area contributed by atoms with Gasteiger partial charge in [0.05, 0.1) is 18.1 Å². The summed E-state index contributed by atoms with van der Waals surface area (Å²) >= 11 is 0. The van der Waals surface area contributed by atoms with E-state index in [-0.39, 0.29) is 18.0 Å². The van der Waals surface area contributed by atoms with Crippen molar-refractivity contribution in [2.75, 3.05) is 7.11 Å². The highest BCUT2D eigenvalue weighted by atomic mass is 19.1. The van der Waals surface area contributed by atoms with Crippen molar-refractivity contribution in [3.8, 4) is 0 Å². The molecule has 2 fully saturated rings. The predicted molar refractivity (Wildman–Crippen MR) is 118 cm³/mol. The molecule has 1 saturated heterocycles. The second kappa shape index (κ2) is 9.67. The minimum Gasteiger partial charge on any atom is -0.465 e. The van der Waals surface area contributed by atoms with E-state index in [1.807, 2.05) is 0 Å². The van der Waals surface area contributed by atoms with E-state index in [4.69, 9.17) is 9.47 Å². The number of esters is 1. The van der Waals surface area contributed by atoms with E-state index in [0.29, 0.717) is 12.3 Å². The molecule has 1 aliphatic carbocycles. The van der Waals surface area contributed by atoms with Crippen molar-refractivity contribution in [3.05, 3.63) is 35.6 Å². The molecule has 1 saturated carbocycles. The van der Waals surface area contributed by atoms with E-state index in [1.165, 1.54) is 18.1 Å². The number of likely N-dealkylation sites (tertiary alicyclic amines) is 1. The maximum Gasteiger partial charge on any atom is 0.407 e. The van der Waals surface area contributed by atoms with E-state index < -0.39 is 53.5 Å². The van der Waals surface area contributed by atoms with Gasteiger partial charge in [0, 0.05) is 19.6 Å². The number of hydrogen-bond acceptors (Lipinski definition) is 5. The Balaban J connectivity index is 1.76. The molecule has 8 nitrogen and oxygen atoms in total. The summed E-state index contributed by atoms with van der Waals surface area (Å²) in [5.74, 6) is -2.08. The number of rotatable bonds is 8. The number of carbonyl (C=O) groups excluding carboxylic acids is 2. The van der Waals surface area contributed by atoms with Crippen LogP contribution in [-0.4, -0.2) is 64.9 Å². The summed E-state index contributed by atoms with van der Waals surface area (Å²) in [6.07, 6.45) is -0.305. The van der Waals surface area contributed by atoms with Crippen molar-refractivity contribution in [1.29, 1.82) is 0 Å². The van der Waals surface area contributed by atoms with E-state index in [9.17, 15) is 23.9 Å². The van der Waals surface area contributed by atoms with E-state index in [0.717, 1.165) is 6.42 Å². The number of nitrogens with zero attached hydrogens (tertiary/aromatic N) is 1. The van der Waals surface area contributed by atoms with Crippen LogP contribution in [-0.2, 0) is 25.5 Å². The third-order valence-corrected chi connectivity index (χ3v) is 6.31. The standard InChI is InChI=1S/C24H33FN2O6/c1-13(20(32-5)19-12-15-11-18(15)27(19)23(30)31)21(28)26-17(22(29)33-24(2,3)4)10-14-8-6-7-9-16(14)25/h6-9,13,15,17-20H,10-12H2,1-5H3,(H,26,28)(H,30,31)/t13-,15+,17+,18+,19+,20-/m1/s1. The summed E-state index contributed by atoms with van der Waals surface area (Å²) in [7, 11) is 1.45. The van der Waals surface area contributed by atoms with Crippen LogP contribution in [0.25, 0.3) is 0 Å². The first-order valence-electron chi connectivity index (χ1n) is 11.2. The molecule has 3 rings (SSSR count). The Morgan fingerprint density at radius 2 is 1.91 bits per heavy atom. The molecule has 0 spiro atoms. The van der Waals surface area contributed by atoms with Crippen LogP contribution in [0.2, 0.25) is 0 Å². The van der Waals surface area contributed by atoms with Gasteiger partial charge in [-0.1, -0.05) is 25.1 Å². The number of carbonyl (C=O) groups is 3. The van der Waals surface area contributed by atoms with Crippen molar-refractivity contribution < 1.29 is 33.4 Å². The van der Waals surface area contributed by atoms with Crippen LogP contribution in [0.15, 0.2) is 24.3 Å². The molecule has 0 bridgehead atoms. The summed E-state index contributed by atoms with van der Waals surface area (Å²) < 4.78 is 25.3. The molecule has 1 aliphatic heterocycles. The van der Waals surface area contributed by atoms with Gasteiger partial charge in [-0.3, -0.25) is 9.69 Å². The topological polar surface area (TPSA) is 105 Å². The van der Waals surface area contributed by atoms with Crippen molar-refractivity contribution in [1.82, 2.24) is 10.2 Å². The monoisotopic (exact) mass is 464 g/mol. The van der Waals surface area contributed by atoms with Gasteiger partial charge in [-0.05, 0) is 51.2 Å². The van der Waals surface area contributed by atoms with Gasteiger partial charge >= 0.3 is 12.1 Å². The number of ether oxygens (including phenoxy) is 2. The minimum atomic E-state index is -1.11. The van der Waals surface area contributed by atoms with E-state index >= 15 is 0 Å². The van der Waals surface area contributed by atoms with Crippen LogP contribution in [0.3, 0.4) is 0 Å². The maximum absolute atomic E-state index is 14.2. The zero-order valence-electron chi connectivity index (χ0n) is 19.7. The molecule has 2 amide bonds. The molecule has 1 heterocycles. The number of nitrogens with one attached hydrogen (secondary N) is 1. The SMILES string of the molecule is CO[C@H]([C@@H](C)C(=O)N[C@@H](Cc1ccccc1F)C(=O)OC(C)(C)C)[C@@H]1C[C@@H]2C[C@@H]2N1C(=O)O. The van der Waals surface area contributed by atoms with Crippen LogP contribution < -0.4 is 5.32 Å². The van der Waals surface area contributed by atoms with Gasteiger partial charge in [-0.2, -0.15) is 0 Å². The van der Waals surface area contributed by atoms with Gasteiger partial charge in [0.2, 0.25) is 5.91 Å². The van der Waals surface area contributed by atoms with Gasteiger partial charge in [0.25, 0.3) is 0 Å². The van der Waals surface area contributed by atoms with Gasteiger partial charge < -0.3 is 19.9 Å². The van der Waals surface area contributed by atoms with Crippen LogP contribution in [0.4, 0.5) is 9.18 Å². The number of piperidine rings is 1. The van der Waals surface area contributed by atoms with Crippen LogP contribution in [0, 0.1) is 17.7 Å². The second-order valence-corrected chi connectivity index (χ2v) is 9.94. The summed E-state index contributed by atoms with van der Waals surface area (Å²) in [4.78, 5) is 39.2. The number of carboxylic acid groups (broad SMARTS) is 1. The first-order chi connectivity index (χ1) is 15.4. The van der Waals surface area contributed by atoms with Crippen LogP contribution >= 0.6 is 0 Å². The zero-order chi connectivity index (χ0) is 24.5. The second-order valence-electron chi connectivity index (χ2n) is 9.94. The van der Waals surface area contributed by atoms with Crippen LogP contribution in [0.5, 0.6) is 0 Å². The fourth-order valence-electron chi connectivity index (χ4n) is 4.67. The lowest BCUT2D eigenvalue weighted by Crippen LogP contribution is -2.53. The smallest absolute Gasteiger partial charge is 0.407 e.